The minimum atomic E-state index is -4.68. The Morgan fingerprint density at radius 1 is 1.29 bits per heavy atom. The first-order valence-corrected chi connectivity index (χ1v) is 13.3. The molecule has 35 heavy (non-hydrogen) atoms. The summed E-state index contributed by atoms with van der Waals surface area (Å²) in [6.45, 7) is -0.172. The fourth-order valence-electron chi connectivity index (χ4n) is 5.48. The molecule has 0 spiro atoms. The zero-order valence-electron chi connectivity index (χ0n) is 19.3. The van der Waals surface area contributed by atoms with E-state index in [1.165, 1.54) is 0 Å². The van der Waals surface area contributed by atoms with E-state index in [1.54, 1.807) is 6.92 Å². The molecule has 196 valence electrons. The largest absolute Gasteiger partial charge is 0.440 e. The first-order valence-electron chi connectivity index (χ1n) is 11.4. The van der Waals surface area contributed by atoms with Gasteiger partial charge in [0.15, 0.2) is 12.4 Å². The number of hydrogen-bond donors (Lipinski definition) is 1. The lowest BCUT2D eigenvalue weighted by Crippen LogP contribution is -2.50. The maximum atomic E-state index is 13.2. The van der Waals surface area contributed by atoms with Gasteiger partial charge in [-0.25, -0.2) is 32.3 Å². The smallest absolute Gasteiger partial charge is 0.422 e. The molecule has 0 aromatic carbocycles. The molecule has 2 aliphatic carbocycles. The van der Waals surface area contributed by atoms with Crippen molar-refractivity contribution < 1.29 is 40.2 Å². The zero-order chi connectivity index (χ0) is 25.6. The number of rotatable bonds is 7. The van der Waals surface area contributed by atoms with Crippen LogP contribution in [0.4, 0.5) is 22.4 Å². The molecule has 2 saturated carbocycles. The van der Waals surface area contributed by atoms with Crippen LogP contribution in [-0.4, -0.2) is 79.3 Å². The number of amides is 1. The lowest BCUT2D eigenvalue weighted by Gasteiger charge is -2.33. The fraction of sp³-hybridized carbons (Fsp3) is 0.762. The maximum Gasteiger partial charge on any atom is 0.422 e. The summed E-state index contributed by atoms with van der Waals surface area (Å²) in [5.41, 5.74) is -0.191. The number of alkyl halides is 3. The second-order valence-electron chi connectivity index (χ2n) is 9.74. The van der Waals surface area contributed by atoms with Crippen LogP contribution in [0.1, 0.15) is 44.9 Å². The van der Waals surface area contributed by atoms with Gasteiger partial charge >= 0.3 is 12.3 Å². The number of ether oxygens (including phenoxy) is 2. The molecule has 1 amide bonds. The molecule has 1 aromatic rings. The van der Waals surface area contributed by atoms with E-state index in [2.05, 4.69) is 19.4 Å². The van der Waals surface area contributed by atoms with Gasteiger partial charge in [0.25, 0.3) is 0 Å². The summed E-state index contributed by atoms with van der Waals surface area (Å²) in [7, 11) is -3.64. The van der Waals surface area contributed by atoms with Gasteiger partial charge in [-0.1, -0.05) is 0 Å². The second kappa shape index (κ2) is 9.43. The number of fused-ring (bicyclic) bond motifs is 1. The molecule has 9 nitrogen and oxygen atoms in total. The molecular formula is C21H28F4N4O5S. The maximum absolute atomic E-state index is 13.2. The van der Waals surface area contributed by atoms with Crippen molar-refractivity contribution in [1.29, 1.82) is 0 Å². The van der Waals surface area contributed by atoms with Crippen LogP contribution in [0.3, 0.4) is 0 Å². The number of aromatic nitrogens is 2. The Kier molecular flexibility index (Phi) is 7.01. The predicted molar refractivity (Wildman–Crippen MR) is 114 cm³/mol. The monoisotopic (exact) mass is 524 g/mol. The van der Waals surface area contributed by atoms with Crippen LogP contribution in [0.5, 0.6) is 0 Å². The Hall–Kier alpha value is -2.06. The number of carbonyl (C=O) groups is 1. The van der Waals surface area contributed by atoms with Crippen LogP contribution in [-0.2, 0) is 24.9 Å². The van der Waals surface area contributed by atoms with Crippen molar-refractivity contribution in [1.82, 2.24) is 19.6 Å². The van der Waals surface area contributed by atoms with Gasteiger partial charge in [0.05, 0.1) is 37.4 Å². The van der Waals surface area contributed by atoms with Crippen molar-refractivity contribution in [3.05, 3.63) is 24.0 Å². The normalized spacial score (nSPS) is 32.9. The molecule has 3 aliphatic rings. The van der Waals surface area contributed by atoms with Gasteiger partial charge in [0.1, 0.15) is 5.82 Å². The van der Waals surface area contributed by atoms with Crippen molar-refractivity contribution in [2.75, 3.05) is 19.5 Å². The van der Waals surface area contributed by atoms with Gasteiger partial charge in [-0.3, -0.25) is 4.90 Å². The Balaban J connectivity index is 1.40. The lowest BCUT2D eigenvalue weighted by atomic mass is 9.86. The third-order valence-corrected chi connectivity index (χ3v) is 7.82. The average Bonchev–Trinajstić information content (AvgIpc) is 3.40. The van der Waals surface area contributed by atoms with E-state index in [0.29, 0.717) is 18.7 Å². The lowest BCUT2D eigenvalue weighted by molar-refractivity contribution is -0.163. The van der Waals surface area contributed by atoms with Crippen molar-refractivity contribution >= 4 is 16.1 Å². The number of nitrogens with one attached hydrogen (secondary N) is 1. The first-order chi connectivity index (χ1) is 16.3. The average molecular weight is 525 g/mol. The topological polar surface area (TPSA) is 111 Å². The summed E-state index contributed by atoms with van der Waals surface area (Å²) in [6.07, 6.45) is 0.389. The van der Waals surface area contributed by atoms with Gasteiger partial charge in [-0.15, -0.1) is 0 Å². The number of hydrogen-bond acceptors (Lipinski definition) is 7. The predicted octanol–water partition coefficient (Wildman–Crippen LogP) is 2.52. The summed E-state index contributed by atoms with van der Waals surface area (Å²) in [5.74, 6) is 0.371. The minimum absolute atomic E-state index is 0.0594. The molecule has 6 atom stereocenters. The number of nitrogens with zero attached hydrogens (tertiary/aromatic N) is 3. The fourth-order valence-corrected chi connectivity index (χ4v) is 6.28. The Labute approximate surface area is 200 Å². The van der Waals surface area contributed by atoms with Crippen LogP contribution in [0, 0.1) is 11.7 Å². The van der Waals surface area contributed by atoms with Crippen molar-refractivity contribution in [3.63, 3.8) is 0 Å². The molecule has 14 heteroatoms. The summed E-state index contributed by atoms with van der Waals surface area (Å²) in [6, 6.07) is -2.11. The molecule has 0 bridgehead atoms. The highest BCUT2D eigenvalue weighted by atomic mass is 32.2. The summed E-state index contributed by atoms with van der Waals surface area (Å²) in [5, 5.41) is 0. The summed E-state index contributed by atoms with van der Waals surface area (Å²) >= 11 is 0. The number of sulfonamides is 1. The Morgan fingerprint density at radius 2 is 1.97 bits per heavy atom. The van der Waals surface area contributed by atoms with E-state index >= 15 is 0 Å². The molecule has 2 heterocycles. The van der Waals surface area contributed by atoms with Gasteiger partial charge in [-0.05, 0) is 44.9 Å². The van der Waals surface area contributed by atoms with Gasteiger partial charge in [0, 0.05) is 17.5 Å². The highest BCUT2D eigenvalue weighted by Gasteiger charge is 2.60. The molecule has 1 N–H and O–H groups in total. The van der Waals surface area contributed by atoms with Gasteiger partial charge < -0.3 is 9.47 Å². The highest BCUT2D eigenvalue weighted by Crippen LogP contribution is 2.61. The molecule has 0 radical (unpaired) electrons. The molecule has 0 unspecified atom stereocenters. The number of halogens is 4. The summed E-state index contributed by atoms with van der Waals surface area (Å²) in [4.78, 5) is 21.9. The molecule has 3 fully saturated rings. The van der Waals surface area contributed by atoms with Crippen LogP contribution in [0.2, 0.25) is 0 Å². The van der Waals surface area contributed by atoms with Crippen molar-refractivity contribution in [2.24, 2.45) is 5.92 Å². The minimum Gasteiger partial charge on any atom is -0.440 e. The Morgan fingerprint density at radius 3 is 2.57 bits per heavy atom. The highest BCUT2D eigenvalue weighted by molar-refractivity contribution is 7.88. The third-order valence-electron chi connectivity index (χ3n) is 7.09. The standard InChI is InChI=1S/C21H28F4N4O5S/c1-12-5-16(28-35(2,31)32)17(29(12)19(30)34-11-21(23,24)25)10-33-15-3-4-20(7-13(20)6-15)18-26-8-14(22)9-27-18/h8-9,12-13,15-17,28H,3-7,10-11H2,1-2H3/t12-,13-,15+,16+,17+,20-/m1/s1. The van der Waals surface area contributed by atoms with Crippen LogP contribution in [0.25, 0.3) is 0 Å². The molecule has 1 saturated heterocycles. The van der Waals surface area contributed by atoms with Gasteiger partial charge in [-0.2, -0.15) is 13.2 Å². The van der Waals surface area contributed by atoms with E-state index < -0.39 is 52.8 Å². The first kappa shape index (κ1) is 26.0. The van der Waals surface area contributed by atoms with Gasteiger partial charge in [0.2, 0.25) is 10.0 Å². The van der Waals surface area contributed by atoms with E-state index in [1.807, 2.05) is 0 Å². The van der Waals surface area contributed by atoms with E-state index in [0.717, 1.165) is 36.4 Å². The Bertz CT molecular complexity index is 1040. The second-order valence-corrected chi connectivity index (χ2v) is 11.5. The molecule has 1 aliphatic heterocycles. The number of carbonyl (C=O) groups excluding carboxylic acids is 1. The van der Waals surface area contributed by atoms with Crippen LogP contribution in [0.15, 0.2) is 12.4 Å². The SMILES string of the molecule is C[C@@H]1C[C@H](NS(C)(=O)=O)[C@H](CO[C@H]2CC[C@@]3(c4ncc(F)cn4)C[C@H]3C2)N1C(=O)OCC(F)(F)F. The third kappa shape index (κ3) is 6.02. The molecule has 4 rings (SSSR count). The zero-order valence-corrected chi connectivity index (χ0v) is 20.1. The molecular weight excluding hydrogens is 496 g/mol. The molecule has 1 aromatic heterocycles. The van der Waals surface area contributed by atoms with E-state index in [4.69, 9.17) is 4.74 Å². The van der Waals surface area contributed by atoms with Crippen LogP contribution >= 0.6 is 0 Å². The van der Waals surface area contributed by atoms with E-state index in [9.17, 15) is 30.8 Å². The quantitative estimate of drug-likeness (QED) is 0.546. The van der Waals surface area contributed by atoms with Crippen molar-refractivity contribution in [3.8, 4) is 0 Å². The van der Waals surface area contributed by atoms with E-state index in [-0.39, 0.29) is 30.5 Å². The van der Waals surface area contributed by atoms with Crippen molar-refractivity contribution in [2.45, 2.75) is 74.8 Å². The van der Waals surface area contributed by atoms with Crippen LogP contribution < -0.4 is 4.72 Å². The number of likely N-dealkylation sites (tertiary alicyclic amines) is 1. The summed E-state index contributed by atoms with van der Waals surface area (Å²) < 4.78 is 87.5.